The van der Waals surface area contributed by atoms with E-state index in [-0.39, 0.29) is 42.6 Å². The second kappa shape index (κ2) is 15.5. The molecule has 220 valence electrons. The van der Waals surface area contributed by atoms with Crippen molar-refractivity contribution in [2.75, 3.05) is 13.1 Å². The van der Waals surface area contributed by atoms with Gasteiger partial charge in [-0.25, -0.2) is 10.1 Å². The molecule has 0 fully saturated rings. The number of nitrogens with one attached hydrogen (secondary N) is 3. The Morgan fingerprint density at radius 3 is 2.54 bits per heavy atom. The molecule has 0 aromatic heterocycles. The molecule has 0 radical (unpaired) electrons. The molecule has 3 atom stereocenters. The zero-order valence-electron chi connectivity index (χ0n) is 24.4. The summed E-state index contributed by atoms with van der Waals surface area (Å²) < 4.78 is 2.31. The first-order valence-electron chi connectivity index (χ1n) is 15.1. The quantitative estimate of drug-likeness (QED) is 0.304. The van der Waals surface area contributed by atoms with Gasteiger partial charge in [-0.2, -0.15) is 0 Å². The van der Waals surface area contributed by atoms with Crippen LogP contribution >= 0.6 is 0 Å². The highest BCUT2D eigenvalue weighted by molar-refractivity contribution is 5.91. The van der Waals surface area contributed by atoms with Crippen LogP contribution in [0.5, 0.6) is 0 Å². The Labute approximate surface area is 243 Å². The number of nitrogens with zero attached hydrogens (tertiary/aromatic N) is 1. The highest BCUT2D eigenvalue weighted by Gasteiger charge is 2.35. The Balaban J connectivity index is 1.44. The van der Waals surface area contributed by atoms with Crippen LogP contribution in [0, 0.1) is 11.8 Å². The summed E-state index contributed by atoms with van der Waals surface area (Å²) in [6.45, 7) is 5.84. The number of hydrogen-bond acceptors (Lipinski definition) is 4. The maximum Gasteiger partial charge on any atom is 0.244 e. The predicted octanol–water partition coefficient (Wildman–Crippen LogP) is 4.75. The Hall–Kier alpha value is -3.52. The van der Waals surface area contributed by atoms with Gasteiger partial charge in [0.25, 0.3) is 0 Å². The Morgan fingerprint density at radius 1 is 1.00 bits per heavy atom. The van der Waals surface area contributed by atoms with E-state index in [9.17, 15) is 14.4 Å². The van der Waals surface area contributed by atoms with Crippen LogP contribution in [0.15, 0.2) is 54.6 Å². The van der Waals surface area contributed by atoms with Crippen LogP contribution < -0.4 is 16.1 Å². The second-order valence-electron chi connectivity index (χ2n) is 11.7. The molecule has 2 aliphatic heterocycles. The van der Waals surface area contributed by atoms with Gasteiger partial charge >= 0.3 is 0 Å². The molecule has 8 nitrogen and oxygen atoms in total. The van der Waals surface area contributed by atoms with Gasteiger partial charge in [-0.05, 0) is 37.2 Å². The largest absolute Gasteiger partial charge is 0.354 e. The van der Waals surface area contributed by atoms with Crippen LogP contribution in [0.1, 0.15) is 82.3 Å². The zero-order valence-corrected chi connectivity index (χ0v) is 24.4. The molecule has 0 saturated heterocycles. The molecule has 2 aromatic carbocycles. The van der Waals surface area contributed by atoms with Crippen molar-refractivity contribution in [3.63, 3.8) is 0 Å². The number of carbonyl (C=O) groups is 3. The van der Waals surface area contributed by atoms with Crippen molar-refractivity contribution in [3.05, 3.63) is 65.7 Å². The van der Waals surface area contributed by atoms with Crippen LogP contribution in [0.2, 0.25) is 0 Å². The van der Waals surface area contributed by atoms with Gasteiger partial charge in [0.1, 0.15) is 12.6 Å². The smallest absolute Gasteiger partial charge is 0.244 e. The van der Waals surface area contributed by atoms with Crippen molar-refractivity contribution in [1.82, 2.24) is 16.1 Å². The molecule has 3 N–H and O–H groups in total. The van der Waals surface area contributed by atoms with Gasteiger partial charge in [-0.15, -0.1) is 0 Å². The van der Waals surface area contributed by atoms with Crippen LogP contribution in [-0.2, 0) is 25.8 Å². The summed E-state index contributed by atoms with van der Waals surface area (Å²) in [7, 11) is 0. The van der Waals surface area contributed by atoms with Crippen LogP contribution in [0.25, 0.3) is 0 Å². The predicted molar refractivity (Wildman–Crippen MR) is 160 cm³/mol. The van der Waals surface area contributed by atoms with E-state index < -0.39 is 12.0 Å². The lowest BCUT2D eigenvalue weighted by atomic mass is 9.90. The Bertz CT molecular complexity index is 1200. The standard InChI is InChI=1S/C33H44N4O4/c1-24(2)19-26(21-31(38)36-41-23-25-13-7-6-8-14-25)32(39)35-29-20-27-22-37(30-16-10-9-15-28(27)30)18-12-5-3-4-11-17-34-33(29)40/h6-10,13-16,22,24,26-27,29H,3-5,11-12,17-21,23H2,1-2H3,(H2-,34,35,36,38,39,40)/p+1/t26?,27?,29-/m0/s1. The molecular formula is C33H45N4O4+. The van der Waals surface area contributed by atoms with Crippen LogP contribution in [-0.4, -0.2) is 47.6 Å². The molecule has 0 saturated carbocycles. The minimum Gasteiger partial charge on any atom is -0.354 e. The molecule has 0 spiro atoms. The van der Waals surface area contributed by atoms with Gasteiger partial charge in [0.05, 0.1) is 12.5 Å². The van der Waals surface area contributed by atoms with Gasteiger partial charge < -0.3 is 10.6 Å². The fourth-order valence-corrected chi connectivity index (χ4v) is 5.76. The molecule has 0 aliphatic carbocycles. The molecule has 2 unspecified atom stereocenters. The van der Waals surface area contributed by atoms with Gasteiger partial charge in [0, 0.05) is 36.9 Å². The average molecular weight is 562 g/mol. The minimum absolute atomic E-state index is 0.0146. The summed E-state index contributed by atoms with van der Waals surface area (Å²) in [4.78, 5) is 45.1. The summed E-state index contributed by atoms with van der Waals surface area (Å²) in [5.41, 5.74) is 5.79. The highest BCUT2D eigenvalue weighted by Crippen LogP contribution is 2.34. The first-order chi connectivity index (χ1) is 19.9. The fraction of sp³-hybridized carbons (Fsp3) is 0.515. The van der Waals surface area contributed by atoms with E-state index in [2.05, 4.69) is 39.0 Å². The molecule has 2 heterocycles. The van der Waals surface area contributed by atoms with Crippen molar-refractivity contribution in [3.8, 4) is 0 Å². The number of benzene rings is 2. The summed E-state index contributed by atoms with van der Waals surface area (Å²) in [6, 6.07) is 17.2. The van der Waals surface area contributed by atoms with Crippen molar-refractivity contribution >= 4 is 29.6 Å². The zero-order chi connectivity index (χ0) is 29.0. The number of fused-ring (bicyclic) bond motifs is 4. The monoisotopic (exact) mass is 561 g/mol. The van der Waals surface area contributed by atoms with Crippen molar-refractivity contribution in [1.29, 1.82) is 0 Å². The second-order valence-corrected chi connectivity index (χ2v) is 11.7. The number of para-hydroxylation sites is 1. The van der Waals surface area contributed by atoms with Gasteiger partial charge in [0.2, 0.25) is 23.4 Å². The summed E-state index contributed by atoms with van der Waals surface area (Å²) in [5.74, 6) is -1.16. The molecule has 2 bridgehead atoms. The summed E-state index contributed by atoms with van der Waals surface area (Å²) in [5, 5.41) is 6.10. The van der Waals surface area contributed by atoms with E-state index >= 15 is 0 Å². The van der Waals surface area contributed by atoms with E-state index in [1.54, 1.807) is 0 Å². The molecule has 2 aromatic rings. The maximum atomic E-state index is 13.6. The third-order valence-electron chi connectivity index (χ3n) is 7.83. The number of amides is 3. The molecule has 3 amide bonds. The number of hydroxylamine groups is 1. The molecule has 41 heavy (non-hydrogen) atoms. The van der Waals surface area contributed by atoms with Gasteiger partial charge in [0.15, 0.2) is 6.21 Å². The SMILES string of the molecule is CC(C)CC(CC(=O)NOCc1ccccc1)C(=O)N[C@H]1CC2C=[N+](CCCCCCCNC1=O)c1ccccc12. The first kappa shape index (κ1) is 30.4. The molecule has 8 heteroatoms. The minimum atomic E-state index is -0.702. The van der Waals surface area contributed by atoms with E-state index in [1.165, 1.54) is 17.7 Å². The third kappa shape index (κ3) is 9.25. The summed E-state index contributed by atoms with van der Waals surface area (Å²) >= 11 is 0. The number of hydrogen-bond donors (Lipinski definition) is 3. The first-order valence-corrected chi connectivity index (χ1v) is 15.1. The lowest BCUT2D eigenvalue weighted by Gasteiger charge is -2.24. The third-order valence-corrected chi connectivity index (χ3v) is 7.83. The lowest BCUT2D eigenvalue weighted by Crippen LogP contribution is -2.50. The van der Waals surface area contributed by atoms with E-state index in [4.69, 9.17) is 4.84 Å². The van der Waals surface area contributed by atoms with Crippen molar-refractivity contribution in [2.24, 2.45) is 11.8 Å². The topological polar surface area (TPSA) is 99.5 Å². The Kier molecular flexibility index (Phi) is 11.5. The number of carbonyl (C=O) groups excluding carboxylic acids is 3. The van der Waals surface area contributed by atoms with E-state index in [1.807, 2.05) is 56.3 Å². The van der Waals surface area contributed by atoms with E-state index in [0.717, 1.165) is 37.8 Å². The van der Waals surface area contributed by atoms with Crippen LogP contribution in [0.3, 0.4) is 0 Å². The normalized spacial score (nSPS) is 20.3. The van der Waals surface area contributed by atoms with Gasteiger partial charge in [-0.1, -0.05) is 75.2 Å². The maximum absolute atomic E-state index is 13.6. The Morgan fingerprint density at radius 2 is 1.73 bits per heavy atom. The number of rotatable bonds is 9. The molecular weight excluding hydrogens is 516 g/mol. The van der Waals surface area contributed by atoms with Gasteiger partial charge in [-0.3, -0.25) is 19.2 Å². The fourth-order valence-electron chi connectivity index (χ4n) is 5.76. The van der Waals surface area contributed by atoms with Crippen molar-refractivity contribution in [2.45, 2.75) is 83.8 Å². The van der Waals surface area contributed by atoms with E-state index in [0.29, 0.717) is 19.4 Å². The van der Waals surface area contributed by atoms with Crippen molar-refractivity contribution < 1.29 is 23.8 Å². The van der Waals surface area contributed by atoms with Crippen LogP contribution in [0.4, 0.5) is 5.69 Å². The lowest BCUT2D eigenvalue weighted by molar-refractivity contribution is -0.433. The molecule has 2 aliphatic rings. The summed E-state index contributed by atoms with van der Waals surface area (Å²) in [6.07, 6.45) is 8.62. The average Bonchev–Trinajstić information content (AvgIpc) is 3.30. The molecule has 4 rings (SSSR count). The highest BCUT2D eigenvalue weighted by atomic mass is 16.6.